The Morgan fingerprint density at radius 1 is 1.14 bits per heavy atom. The Morgan fingerprint density at radius 3 is 2.48 bits per heavy atom. The molecule has 4 rings (SSSR count). The van der Waals surface area contributed by atoms with Crippen molar-refractivity contribution in [3.63, 3.8) is 0 Å². The van der Waals surface area contributed by atoms with Crippen LogP contribution in [0.5, 0.6) is 0 Å². The fraction of sp³-hybridized carbons (Fsp3) is 0.0909. The van der Waals surface area contributed by atoms with Gasteiger partial charge in [0.15, 0.2) is 0 Å². The number of aryl methyl sites for hydroxylation is 1. The summed E-state index contributed by atoms with van der Waals surface area (Å²) in [5.41, 5.74) is 1.57. The molecule has 0 aliphatic carbocycles. The largest absolute Gasteiger partial charge is 0.507 e. The number of aliphatic hydroxyl groups excluding tert-OH is 1. The van der Waals surface area contributed by atoms with Gasteiger partial charge in [0.1, 0.15) is 17.6 Å². The number of rotatable bonds is 3. The lowest BCUT2D eigenvalue weighted by Crippen LogP contribution is -2.29. The first kappa shape index (κ1) is 19.4. The molecule has 1 saturated heterocycles. The van der Waals surface area contributed by atoms with Crippen LogP contribution in [0.2, 0.25) is 5.02 Å². The third kappa shape index (κ3) is 3.34. The number of Topliss-reactive ketones (excluding diaryl/α,β-unsaturated/α-hetero) is 1. The van der Waals surface area contributed by atoms with Crippen LogP contribution in [0.15, 0.2) is 65.6 Å². The molecular weight excluding hydrogens is 413 g/mol. The van der Waals surface area contributed by atoms with E-state index in [9.17, 15) is 19.1 Å². The average molecular weight is 428 g/mol. The number of thiophene rings is 1. The number of hydrogen-bond acceptors (Lipinski definition) is 4. The summed E-state index contributed by atoms with van der Waals surface area (Å²) < 4.78 is 13.4. The van der Waals surface area contributed by atoms with Gasteiger partial charge in [-0.1, -0.05) is 23.7 Å². The smallest absolute Gasteiger partial charge is 0.300 e. The van der Waals surface area contributed by atoms with E-state index in [4.69, 9.17) is 11.6 Å². The van der Waals surface area contributed by atoms with Gasteiger partial charge in [-0.2, -0.15) is 0 Å². The summed E-state index contributed by atoms with van der Waals surface area (Å²) in [5.74, 6) is -2.33. The molecule has 3 aromatic rings. The van der Waals surface area contributed by atoms with E-state index >= 15 is 0 Å². The predicted molar refractivity (Wildman–Crippen MR) is 112 cm³/mol. The second-order valence-electron chi connectivity index (χ2n) is 6.62. The molecule has 29 heavy (non-hydrogen) atoms. The van der Waals surface area contributed by atoms with Crippen LogP contribution in [0.1, 0.15) is 22.0 Å². The van der Waals surface area contributed by atoms with Crippen molar-refractivity contribution >= 4 is 46.1 Å². The highest BCUT2D eigenvalue weighted by Crippen LogP contribution is 2.44. The fourth-order valence-electron chi connectivity index (χ4n) is 3.40. The Balaban J connectivity index is 1.96. The molecule has 1 amide bonds. The fourth-order valence-corrected chi connectivity index (χ4v) is 4.62. The number of nitrogens with zero attached hydrogens (tertiary/aromatic N) is 1. The van der Waals surface area contributed by atoms with Crippen molar-refractivity contribution in [2.24, 2.45) is 0 Å². The van der Waals surface area contributed by atoms with Crippen LogP contribution in [-0.2, 0) is 9.59 Å². The summed E-state index contributed by atoms with van der Waals surface area (Å²) in [4.78, 5) is 27.9. The van der Waals surface area contributed by atoms with Gasteiger partial charge >= 0.3 is 0 Å². The summed E-state index contributed by atoms with van der Waals surface area (Å²) in [7, 11) is 0. The topological polar surface area (TPSA) is 57.6 Å². The van der Waals surface area contributed by atoms with Crippen molar-refractivity contribution in [1.82, 2.24) is 0 Å². The number of carbonyl (C=O) groups is 2. The van der Waals surface area contributed by atoms with E-state index < -0.39 is 23.5 Å². The number of halogens is 2. The van der Waals surface area contributed by atoms with E-state index in [1.807, 2.05) is 18.4 Å². The molecule has 0 radical (unpaired) electrons. The number of anilines is 1. The zero-order valence-corrected chi connectivity index (χ0v) is 16.8. The molecule has 1 unspecified atom stereocenters. The van der Waals surface area contributed by atoms with Crippen LogP contribution in [-0.4, -0.2) is 16.8 Å². The van der Waals surface area contributed by atoms with Crippen molar-refractivity contribution in [2.45, 2.75) is 13.0 Å². The van der Waals surface area contributed by atoms with E-state index in [2.05, 4.69) is 0 Å². The minimum atomic E-state index is -0.820. The van der Waals surface area contributed by atoms with Gasteiger partial charge in [-0.25, -0.2) is 4.39 Å². The first-order valence-electron chi connectivity index (χ1n) is 8.75. The van der Waals surface area contributed by atoms with Crippen molar-refractivity contribution in [3.8, 4) is 0 Å². The van der Waals surface area contributed by atoms with Gasteiger partial charge in [0.2, 0.25) is 0 Å². The quantitative estimate of drug-likeness (QED) is 0.342. The predicted octanol–water partition coefficient (Wildman–Crippen LogP) is 5.48. The molecule has 2 heterocycles. The molecule has 1 aliphatic heterocycles. The molecule has 1 fully saturated rings. The van der Waals surface area contributed by atoms with E-state index in [-0.39, 0.29) is 11.3 Å². The molecule has 1 aliphatic rings. The molecule has 0 bridgehead atoms. The number of carbonyl (C=O) groups excluding carboxylic acids is 2. The maximum Gasteiger partial charge on any atom is 0.300 e. The lowest BCUT2D eigenvalue weighted by atomic mass is 9.98. The second kappa shape index (κ2) is 7.46. The maximum atomic E-state index is 13.4. The van der Waals surface area contributed by atoms with E-state index in [0.29, 0.717) is 16.3 Å². The Hall–Kier alpha value is -2.96. The Bertz CT molecular complexity index is 1150. The van der Waals surface area contributed by atoms with Gasteiger partial charge in [-0.15, -0.1) is 11.3 Å². The van der Waals surface area contributed by atoms with Crippen LogP contribution in [0.4, 0.5) is 10.1 Å². The van der Waals surface area contributed by atoms with Gasteiger partial charge in [0.25, 0.3) is 11.7 Å². The molecule has 2 aromatic carbocycles. The van der Waals surface area contributed by atoms with Crippen LogP contribution in [0, 0.1) is 12.7 Å². The normalized spacial score (nSPS) is 18.4. The molecular formula is C22H15ClFNO3S. The minimum Gasteiger partial charge on any atom is -0.507 e. The third-order valence-corrected chi connectivity index (χ3v) is 6.10. The first-order valence-corrected chi connectivity index (χ1v) is 10.0. The molecule has 7 heteroatoms. The van der Waals surface area contributed by atoms with Crippen LogP contribution < -0.4 is 4.90 Å². The van der Waals surface area contributed by atoms with E-state index in [1.54, 1.807) is 18.2 Å². The van der Waals surface area contributed by atoms with Crippen LogP contribution >= 0.6 is 22.9 Å². The summed E-state index contributed by atoms with van der Waals surface area (Å²) in [5, 5.41) is 13.2. The number of amides is 1. The van der Waals surface area contributed by atoms with Crippen molar-refractivity contribution in [3.05, 3.63) is 92.4 Å². The first-order chi connectivity index (χ1) is 13.9. The number of benzene rings is 2. The SMILES string of the molecule is Cc1ccsc1C1/C(=C(/O)c2cccc(Cl)c2)C(=O)C(=O)N1c1ccc(F)cc1. The molecule has 1 aromatic heterocycles. The molecule has 1 N–H and O–H groups in total. The summed E-state index contributed by atoms with van der Waals surface area (Å²) in [6.07, 6.45) is 0. The Labute approximate surface area is 175 Å². The number of hydrogen-bond donors (Lipinski definition) is 1. The van der Waals surface area contributed by atoms with Crippen molar-refractivity contribution in [2.75, 3.05) is 4.90 Å². The van der Waals surface area contributed by atoms with Gasteiger partial charge in [-0.05, 0) is 60.3 Å². The van der Waals surface area contributed by atoms with Gasteiger partial charge in [0.05, 0.1) is 5.57 Å². The molecule has 1 atom stereocenters. The van der Waals surface area contributed by atoms with Crippen molar-refractivity contribution in [1.29, 1.82) is 0 Å². The van der Waals surface area contributed by atoms with Gasteiger partial charge in [-0.3, -0.25) is 14.5 Å². The zero-order chi connectivity index (χ0) is 20.7. The molecule has 146 valence electrons. The lowest BCUT2D eigenvalue weighted by molar-refractivity contribution is -0.132. The maximum absolute atomic E-state index is 13.4. The van der Waals surface area contributed by atoms with Gasteiger partial charge < -0.3 is 5.11 Å². The Morgan fingerprint density at radius 2 is 1.86 bits per heavy atom. The number of ketones is 1. The monoisotopic (exact) mass is 427 g/mol. The highest BCUT2D eigenvalue weighted by molar-refractivity contribution is 7.10. The third-order valence-electron chi connectivity index (χ3n) is 4.80. The highest BCUT2D eigenvalue weighted by atomic mass is 35.5. The molecule has 0 spiro atoms. The second-order valence-corrected chi connectivity index (χ2v) is 8.01. The molecule has 4 nitrogen and oxygen atoms in total. The summed E-state index contributed by atoms with van der Waals surface area (Å²) in [6, 6.07) is 12.8. The summed E-state index contributed by atoms with van der Waals surface area (Å²) in [6.45, 7) is 1.87. The molecule has 0 saturated carbocycles. The van der Waals surface area contributed by atoms with Crippen LogP contribution in [0.3, 0.4) is 0 Å². The van der Waals surface area contributed by atoms with Crippen molar-refractivity contribution < 1.29 is 19.1 Å². The van der Waals surface area contributed by atoms with Gasteiger partial charge in [0, 0.05) is 21.2 Å². The number of aliphatic hydroxyl groups is 1. The minimum absolute atomic E-state index is 0.0212. The summed E-state index contributed by atoms with van der Waals surface area (Å²) >= 11 is 7.41. The highest BCUT2D eigenvalue weighted by Gasteiger charge is 2.47. The van der Waals surface area contributed by atoms with E-state index in [0.717, 1.165) is 10.4 Å². The van der Waals surface area contributed by atoms with E-state index in [1.165, 1.54) is 46.6 Å². The zero-order valence-electron chi connectivity index (χ0n) is 15.2. The average Bonchev–Trinajstić information content (AvgIpc) is 3.23. The Kier molecular flexibility index (Phi) is 4.98. The standard InChI is InChI=1S/C22H15ClFNO3S/c1-12-9-10-29-21(12)18-17(19(26)13-3-2-4-14(23)11-13)20(27)22(28)25(18)16-7-5-15(24)6-8-16/h2-11,18,26H,1H3/b19-17-. The van der Waals surface area contributed by atoms with Crippen LogP contribution in [0.25, 0.3) is 5.76 Å². The lowest BCUT2D eigenvalue weighted by Gasteiger charge is -2.25.